The fourth-order valence-electron chi connectivity index (χ4n) is 2.70. The van der Waals surface area contributed by atoms with Gasteiger partial charge in [-0.15, -0.1) is 11.3 Å². The van der Waals surface area contributed by atoms with E-state index in [1.165, 1.54) is 0 Å². The molecule has 0 spiro atoms. The summed E-state index contributed by atoms with van der Waals surface area (Å²) in [6.07, 6.45) is 1.30. The van der Waals surface area contributed by atoms with E-state index in [0.29, 0.717) is 13.0 Å². The molecule has 2 aromatic rings. The van der Waals surface area contributed by atoms with Gasteiger partial charge >= 0.3 is 0 Å². The molecule has 0 radical (unpaired) electrons. The zero-order valence-corrected chi connectivity index (χ0v) is 14.4. The van der Waals surface area contributed by atoms with E-state index in [1.807, 2.05) is 36.6 Å². The average molecular weight is 343 g/mol. The molecule has 3 N–H and O–H groups in total. The summed E-state index contributed by atoms with van der Waals surface area (Å²) in [5, 5.41) is 11.0. The van der Waals surface area contributed by atoms with Gasteiger partial charge in [-0.3, -0.25) is 9.59 Å². The summed E-state index contributed by atoms with van der Waals surface area (Å²) in [6, 6.07) is 10.1. The van der Waals surface area contributed by atoms with Crippen molar-refractivity contribution in [2.24, 2.45) is 0 Å². The van der Waals surface area contributed by atoms with Gasteiger partial charge in [-0.05, 0) is 42.0 Å². The Bertz CT molecular complexity index is 728. The molecule has 1 aromatic carbocycles. The monoisotopic (exact) mass is 343 g/mol. The molecule has 6 heteroatoms. The molecular formula is C18H21N3O2S. The van der Waals surface area contributed by atoms with Gasteiger partial charge < -0.3 is 16.0 Å². The first-order valence-corrected chi connectivity index (χ1v) is 8.95. The van der Waals surface area contributed by atoms with E-state index in [1.54, 1.807) is 11.3 Å². The zero-order chi connectivity index (χ0) is 16.9. The molecule has 0 saturated carbocycles. The van der Waals surface area contributed by atoms with Gasteiger partial charge in [-0.25, -0.2) is 0 Å². The van der Waals surface area contributed by atoms with Crippen molar-refractivity contribution in [2.45, 2.75) is 32.4 Å². The molecule has 1 atom stereocenters. The van der Waals surface area contributed by atoms with Crippen LogP contribution >= 0.6 is 11.3 Å². The second kappa shape index (κ2) is 7.59. The maximum Gasteiger partial charge on any atom is 0.234 e. The number of carbonyl (C=O) groups excluding carboxylic acids is 2. The van der Waals surface area contributed by atoms with Crippen molar-refractivity contribution < 1.29 is 9.59 Å². The number of anilines is 1. The van der Waals surface area contributed by atoms with Crippen molar-refractivity contribution in [2.75, 3.05) is 11.9 Å². The van der Waals surface area contributed by atoms with Crippen LogP contribution < -0.4 is 16.0 Å². The number of hydrogen-bond acceptors (Lipinski definition) is 4. The Hall–Kier alpha value is -2.18. The minimum absolute atomic E-state index is 0.0135. The first kappa shape index (κ1) is 16.7. The highest BCUT2D eigenvalue weighted by Gasteiger charge is 2.16. The van der Waals surface area contributed by atoms with Crippen LogP contribution in [-0.2, 0) is 22.6 Å². The average Bonchev–Trinajstić information content (AvgIpc) is 3.11. The van der Waals surface area contributed by atoms with Crippen LogP contribution in [0.25, 0.3) is 0 Å². The van der Waals surface area contributed by atoms with Crippen molar-refractivity contribution in [3.63, 3.8) is 0 Å². The summed E-state index contributed by atoms with van der Waals surface area (Å²) in [6.45, 7) is 2.89. The van der Waals surface area contributed by atoms with Gasteiger partial charge in [0.05, 0.1) is 13.1 Å². The lowest BCUT2D eigenvalue weighted by Crippen LogP contribution is -2.34. The summed E-state index contributed by atoms with van der Waals surface area (Å²) >= 11 is 1.63. The molecule has 1 aliphatic heterocycles. The number of thiophene rings is 1. The molecule has 0 fully saturated rings. The Morgan fingerprint density at radius 1 is 1.33 bits per heavy atom. The van der Waals surface area contributed by atoms with E-state index in [4.69, 9.17) is 0 Å². The Morgan fingerprint density at radius 2 is 2.21 bits per heavy atom. The van der Waals surface area contributed by atoms with Gasteiger partial charge in [-0.2, -0.15) is 0 Å². The molecule has 24 heavy (non-hydrogen) atoms. The van der Waals surface area contributed by atoms with Crippen LogP contribution in [0, 0.1) is 0 Å². The summed E-state index contributed by atoms with van der Waals surface area (Å²) in [5.41, 5.74) is 3.18. The second-order valence-corrected chi connectivity index (χ2v) is 6.96. The maximum absolute atomic E-state index is 11.9. The van der Waals surface area contributed by atoms with Gasteiger partial charge in [-0.1, -0.05) is 18.2 Å². The Kier molecular flexibility index (Phi) is 5.27. The van der Waals surface area contributed by atoms with Crippen LogP contribution in [0.2, 0.25) is 0 Å². The number of aryl methyl sites for hydroxylation is 1. The third-order valence-electron chi connectivity index (χ3n) is 4.13. The van der Waals surface area contributed by atoms with E-state index in [9.17, 15) is 9.59 Å². The molecule has 126 valence electrons. The highest BCUT2D eigenvalue weighted by molar-refractivity contribution is 7.09. The molecule has 0 bridgehead atoms. The molecule has 1 unspecified atom stereocenters. The smallest absolute Gasteiger partial charge is 0.234 e. The predicted octanol–water partition coefficient (Wildman–Crippen LogP) is 2.60. The number of benzene rings is 1. The molecule has 2 heterocycles. The number of nitrogens with one attached hydrogen (secondary N) is 3. The van der Waals surface area contributed by atoms with E-state index >= 15 is 0 Å². The molecule has 5 nitrogen and oxygen atoms in total. The molecular weight excluding hydrogens is 322 g/mol. The van der Waals surface area contributed by atoms with Gasteiger partial charge in [0.1, 0.15) is 0 Å². The highest BCUT2D eigenvalue weighted by atomic mass is 32.1. The number of hydrogen-bond donors (Lipinski definition) is 3. The van der Waals surface area contributed by atoms with E-state index in [0.717, 1.165) is 28.1 Å². The van der Waals surface area contributed by atoms with E-state index in [-0.39, 0.29) is 24.4 Å². The molecule has 1 aromatic heterocycles. The molecule has 1 aliphatic rings. The van der Waals surface area contributed by atoms with Crippen molar-refractivity contribution >= 4 is 28.8 Å². The quantitative estimate of drug-likeness (QED) is 0.755. The first-order valence-electron chi connectivity index (χ1n) is 8.07. The lowest BCUT2D eigenvalue weighted by Gasteiger charge is -2.20. The van der Waals surface area contributed by atoms with Crippen LogP contribution in [0.4, 0.5) is 5.69 Å². The third kappa shape index (κ3) is 4.21. The van der Waals surface area contributed by atoms with E-state index < -0.39 is 0 Å². The number of fused-ring (bicyclic) bond motifs is 1. The van der Waals surface area contributed by atoms with Gasteiger partial charge in [0.25, 0.3) is 0 Å². The molecule has 0 saturated heterocycles. The maximum atomic E-state index is 11.9. The number of amides is 2. The minimum atomic E-state index is -0.0135. The SMILES string of the molecule is CC(NCC(=O)NCc1cccs1)c1ccc2c(c1)CCC(=O)N2. The number of carbonyl (C=O) groups is 2. The number of rotatable bonds is 6. The molecule has 3 rings (SSSR count). The van der Waals surface area contributed by atoms with Gasteiger partial charge in [0.15, 0.2) is 0 Å². The lowest BCUT2D eigenvalue weighted by atomic mass is 9.98. The Balaban J connectivity index is 1.50. The van der Waals surface area contributed by atoms with E-state index in [2.05, 4.69) is 22.0 Å². The fourth-order valence-corrected chi connectivity index (χ4v) is 3.34. The highest BCUT2D eigenvalue weighted by Crippen LogP contribution is 2.25. The standard InChI is InChI=1S/C18H21N3O2S/c1-12(19-11-18(23)20-10-15-3-2-8-24-15)13-4-6-16-14(9-13)5-7-17(22)21-16/h2-4,6,8-9,12,19H,5,7,10-11H2,1H3,(H,20,23)(H,21,22). The summed E-state index contributed by atoms with van der Waals surface area (Å²) in [7, 11) is 0. The molecule has 0 aliphatic carbocycles. The molecule has 2 amide bonds. The first-order chi connectivity index (χ1) is 11.6. The second-order valence-electron chi connectivity index (χ2n) is 5.92. The largest absolute Gasteiger partial charge is 0.350 e. The topological polar surface area (TPSA) is 70.2 Å². The fraction of sp³-hybridized carbons (Fsp3) is 0.333. The van der Waals surface area contributed by atoms with Crippen molar-refractivity contribution in [3.05, 3.63) is 51.7 Å². The van der Waals surface area contributed by atoms with Crippen molar-refractivity contribution in [1.29, 1.82) is 0 Å². The van der Waals surface area contributed by atoms with Crippen molar-refractivity contribution in [3.8, 4) is 0 Å². The van der Waals surface area contributed by atoms with Crippen LogP contribution in [0.15, 0.2) is 35.7 Å². The third-order valence-corrected chi connectivity index (χ3v) is 5.01. The normalized spacial score (nSPS) is 14.6. The minimum Gasteiger partial charge on any atom is -0.350 e. The van der Waals surface area contributed by atoms with Crippen LogP contribution in [-0.4, -0.2) is 18.4 Å². The lowest BCUT2D eigenvalue weighted by molar-refractivity contribution is -0.120. The Morgan fingerprint density at radius 3 is 3.00 bits per heavy atom. The zero-order valence-electron chi connectivity index (χ0n) is 13.6. The van der Waals surface area contributed by atoms with Crippen LogP contribution in [0.5, 0.6) is 0 Å². The summed E-state index contributed by atoms with van der Waals surface area (Å²) in [5.74, 6) is 0.0595. The van der Waals surface area contributed by atoms with Gasteiger partial charge in [0.2, 0.25) is 11.8 Å². The van der Waals surface area contributed by atoms with Crippen LogP contribution in [0.3, 0.4) is 0 Å². The van der Waals surface area contributed by atoms with Gasteiger partial charge in [0, 0.05) is 23.0 Å². The van der Waals surface area contributed by atoms with Crippen LogP contribution in [0.1, 0.15) is 35.4 Å². The summed E-state index contributed by atoms with van der Waals surface area (Å²) in [4.78, 5) is 24.5. The van der Waals surface area contributed by atoms with Crippen molar-refractivity contribution in [1.82, 2.24) is 10.6 Å². The Labute approximate surface area is 145 Å². The predicted molar refractivity (Wildman–Crippen MR) is 96.0 cm³/mol. The summed E-state index contributed by atoms with van der Waals surface area (Å²) < 4.78 is 0.